The van der Waals surface area contributed by atoms with Crippen LogP contribution in [0.25, 0.3) is 11.0 Å². The normalized spacial score (nSPS) is 10.2. The molecular weight excluding hydrogens is 316 g/mol. The molecule has 0 aliphatic heterocycles. The Labute approximate surface area is 134 Å². The molecule has 2 N–H and O–H groups in total. The largest absolute Gasteiger partial charge is 0.462 e. The average molecular weight is 326 g/mol. The first-order chi connectivity index (χ1) is 11.7. The summed E-state index contributed by atoms with van der Waals surface area (Å²) in [7, 11) is 0. The molecular formula is C15H10N4O5. The lowest BCUT2D eigenvalue weighted by Gasteiger charge is -2.11. The lowest BCUT2D eigenvalue weighted by atomic mass is 10.2. The highest BCUT2D eigenvalue weighted by Gasteiger charge is 2.14. The summed E-state index contributed by atoms with van der Waals surface area (Å²) in [6.07, 6.45) is 1.06. The van der Waals surface area contributed by atoms with Gasteiger partial charge in [-0.3, -0.25) is 4.79 Å². The zero-order chi connectivity index (χ0) is 16.9. The van der Waals surface area contributed by atoms with Gasteiger partial charge in [0, 0.05) is 6.07 Å². The van der Waals surface area contributed by atoms with E-state index in [1.54, 1.807) is 24.3 Å². The van der Waals surface area contributed by atoms with Gasteiger partial charge in [0.1, 0.15) is 29.0 Å². The monoisotopic (exact) mass is 326 g/mol. The van der Waals surface area contributed by atoms with E-state index in [4.69, 9.17) is 9.15 Å². The summed E-state index contributed by atoms with van der Waals surface area (Å²) in [6, 6.07) is 11.6. The van der Waals surface area contributed by atoms with E-state index >= 15 is 0 Å². The van der Waals surface area contributed by atoms with Crippen LogP contribution in [0.4, 0.5) is 11.4 Å². The number of nitrogens with one attached hydrogen (secondary N) is 2. The Balaban J connectivity index is 2.15. The van der Waals surface area contributed by atoms with Crippen molar-refractivity contribution in [1.82, 2.24) is 0 Å². The molecule has 3 rings (SSSR count). The number of fused-ring (bicyclic) bond motifs is 1. The molecule has 120 valence electrons. The highest BCUT2D eigenvalue weighted by Crippen LogP contribution is 2.33. The fourth-order valence-electron chi connectivity index (χ4n) is 2.12. The number of anilines is 2. The van der Waals surface area contributed by atoms with E-state index < -0.39 is 5.43 Å². The Morgan fingerprint density at radius 3 is 2.38 bits per heavy atom. The minimum atomic E-state index is -0.501. The Morgan fingerprint density at radius 1 is 0.958 bits per heavy atom. The van der Waals surface area contributed by atoms with Crippen molar-refractivity contribution in [3.63, 3.8) is 0 Å². The van der Waals surface area contributed by atoms with E-state index in [-0.39, 0.29) is 28.1 Å². The quantitative estimate of drug-likeness (QED) is 0.522. The summed E-state index contributed by atoms with van der Waals surface area (Å²) in [5, 5.41) is 5.21. The fraction of sp³-hybridized carbons (Fsp3) is 0. The lowest BCUT2D eigenvalue weighted by molar-refractivity contribution is 0.484. The van der Waals surface area contributed by atoms with Crippen molar-refractivity contribution in [2.45, 2.75) is 0 Å². The van der Waals surface area contributed by atoms with Gasteiger partial charge < -0.3 is 9.15 Å². The first-order valence-corrected chi connectivity index (χ1v) is 6.72. The predicted molar refractivity (Wildman–Crippen MR) is 87.8 cm³/mol. The van der Waals surface area contributed by atoms with E-state index in [9.17, 15) is 14.6 Å². The topological polar surface area (TPSA) is 122 Å². The van der Waals surface area contributed by atoms with Crippen molar-refractivity contribution < 1.29 is 9.15 Å². The molecule has 0 bridgehead atoms. The number of hydrogen-bond donors (Lipinski definition) is 2. The first-order valence-electron chi connectivity index (χ1n) is 6.72. The van der Waals surface area contributed by atoms with Gasteiger partial charge in [-0.15, -0.1) is 9.81 Å². The molecule has 0 radical (unpaired) electrons. The van der Waals surface area contributed by atoms with Crippen LogP contribution in [0.3, 0.4) is 0 Å². The van der Waals surface area contributed by atoms with Crippen molar-refractivity contribution in [3.05, 3.63) is 68.8 Å². The average Bonchev–Trinajstić information content (AvgIpc) is 2.60. The van der Waals surface area contributed by atoms with Crippen molar-refractivity contribution in [3.8, 4) is 11.5 Å². The Hall–Kier alpha value is -3.75. The van der Waals surface area contributed by atoms with E-state index in [0.29, 0.717) is 5.75 Å². The number of nitroso groups, excluding NO2 is 2. The zero-order valence-electron chi connectivity index (χ0n) is 12.1. The molecule has 9 heteroatoms. The third-order valence-electron chi connectivity index (χ3n) is 3.18. The molecule has 1 aromatic heterocycles. The molecule has 0 fully saturated rings. The third-order valence-corrected chi connectivity index (χ3v) is 3.18. The number of rotatable bonds is 6. The molecule has 9 nitrogen and oxygen atoms in total. The Kier molecular flexibility index (Phi) is 4.15. The van der Waals surface area contributed by atoms with E-state index in [1.165, 1.54) is 12.1 Å². The van der Waals surface area contributed by atoms with E-state index in [2.05, 4.69) is 16.0 Å². The summed E-state index contributed by atoms with van der Waals surface area (Å²) in [4.78, 5) is 33.2. The van der Waals surface area contributed by atoms with Gasteiger partial charge in [0.05, 0.1) is 16.0 Å². The van der Waals surface area contributed by atoms with Crippen LogP contribution < -0.4 is 21.0 Å². The molecule has 0 saturated carbocycles. The Morgan fingerprint density at radius 2 is 1.67 bits per heavy atom. The highest BCUT2D eigenvalue weighted by atomic mass is 16.5. The molecule has 0 amide bonds. The molecule has 0 spiro atoms. The van der Waals surface area contributed by atoms with Crippen LogP contribution in [0.2, 0.25) is 0 Å². The fourth-order valence-corrected chi connectivity index (χ4v) is 2.12. The van der Waals surface area contributed by atoms with Crippen molar-refractivity contribution >= 4 is 22.3 Å². The minimum Gasteiger partial charge on any atom is -0.462 e. The molecule has 0 aliphatic carbocycles. The van der Waals surface area contributed by atoms with Crippen LogP contribution in [0.15, 0.2) is 68.5 Å². The highest BCUT2D eigenvalue weighted by molar-refractivity contribution is 5.86. The summed E-state index contributed by atoms with van der Waals surface area (Å²) >= 11 is 0. The Bertz CT molecular complexity index is 955. The summed E-state index contributed by atoms with van der Waals surface area (Å²) < 4.78 is 10.9. The molecule has 3 aromatic rings. The summed E-state index contributed by atoms with van der Waals surface area (Å²) in [6.45, 7) is 0. The molecule has 24 heavy (non-hydrogen) atoms. The minimum absolute atomic E-state index is 0.114. The maximum absolute atomic E-state index is 12.3. The van der Waals surface area contributed by atoms with Crippen molar-refractivity contribution in [2.24, 2.45) is 10.6 Å². The van der Waals surface area contributed by atoms with Crippen molar-refractivity contribution in [2.75, 3.05) is 10.9 Å². The van der Waals surface area contributed by atoms with E-state index in [0.717, 1.165) is 6.26 Å². The van der Waals surface area contributed by atoms with Gasteiger partial charge in [-0.1, -0.05) is 18.2 Å². The summed E-state index contributed by atoms with van der Waals surface area (Å²) in [5.74, 6) is 0.691. The smallest absolute Gasteiger partial charge is 0.217 e. The molecule has 0 aliphatic rings. The molecule has 0 unspecified atom stereocenters. The second kappa shape index (κ2) is 6.57. The number of benzene rings is 2. The molecule has 2 aromatic carbocycles. The zero-order valence-corrected chi connectivity index (χ0v) is 12.1. The van der Waals surface area contributed by atoms with E-state index in [1.807, 2.05) is 11.5 Å². The van der Waals surface area contributed by atoms with Crippen LogP contribution in [0.1, 0.15) is 0 Å². The maximum atomic E-state index is 12.3. The van der Waals surface area contributed by atoms with Crippen LogP contribution in [0, 0.1) is 9.81 Å². The summed E-state index contributed by atoms with van der Waals surface area (Å²) in [5.41, 5.74) is 4.05. The number of ether oxygens (including phenoxy) is 1. The lowest BCUT2D eigenvalue weighted by Crippen LogP contribution is -2.07. The number of para-hydroxylation sites is 1. The number of nitrogens with zero attached hydrogens (tertiary/aromatic N) is 2. The van der Waals surface area contributed by atoms with Gasteiger partial charge in [-0.25, -0.2) is 10.9 Å². The second-order valence-electron chi connectivity index (χ2n) is 4.64. The standard InChI is InChI=1S/C15H10N4O5/c20-15-10-6-14(24-9-4-2-1-3-5-9)11(16-18-21)7-13(10)23-8-12(15)17-19-22/h1-8H,(H,16,21)(H,17,22). The van der Waals surface area contributed by atoms with Gasteiger partial charge in [0.2, 0.25) is 5.43 Å². The second-order valence-corrected chi connectivity index (χ2v) is 4.64. The van der Waals surface area contributed by atoms with Crippen LogP contribution in [0.5, 0.6) is 11.5 Å². The van der Waals surface area contributed by atoms with Crippen LogP contribution >= 0.6 is 0 Å². The molecule has 1 heterocycles. The van der Waals surface area contributed by atoms with Gasteiger partial charge in [0.25, 0.3) is 0 Å². The molecule has 0 saturated heterocycles. The number of hydrogen-bond acceptors (Lipinski definition) is 7. The molecule has 0 atom stereocenters. The van der Waals surface area contributed by atoms with Crippen molar-refractivity contribution in [1.29, 1.82) is 0 Å². The third kappa shape index (κ3) is 2.90. The van der Waals surface area contributed by atoms with Gasteiger partial charge in [0.15, 0.2) is 5.75 Å². The predicted octanol–water partition coefficient (Wildman–Crippen LogP) is 3.77. The van der Waals surface area contributed by atoms with Crippen LogP contribution in [-0.2, 0) is 0 Å². The first kappa shape index (κ1) is 15.2. The van der Waals surface area contributed by atoms with Gasteiger partial charge in [-0.05, 0) is 18.2 Å². The van der Waals surface area contributed by atoms with Gasteiger partial charge in [-0.2, -0.15) is 0 Å². The van der Waals surface area contributed by atoms with Gasteiger partial charge >= 0.3 is 0 Å². The van der Waals surface area contributed by atoms with Crippen LogP contribution in [-0.4, -0.2) is 0 Å². The SMILES string of the molecule is O=NNc1cc2occ(NN=O)c(=O)c2cc1Oc1ccccc1. The maximum Gasteiger partial charge on any atom is 0.217 e.